The molecular formula is C22H31N3O5. The van der Waals surface area contributed by atoms with E-state index in [1.54, 1.807) is 24.0 Å². The van der Waals surface area contributed by atoms with E-state index in [4.69, 9.17) is 4.74 Å². The number of nitrogens with one attached hydrogen (secondary N) is 1. The number of phenols is 1. The summed E-state index contributed by atoms with van der Waals surface area (Å²) in [5.74, 6) is 0.275. The van der Waals surface area contributed by atoms with Crippen LogP contribution in [0, 0.1) is 5.92 Å². The summed E-state index contributed by atoms with van der Waals surface area (Å²) in [4.78, 5) is 40.9. The van der Waals surface area contributed by atoms with Gasteiger partial charge >= 0.3 is 0 Å². The Morgan fingerprint density at radius 2 is 1.77 bits per heavy atom. The molecule has 8 heteroatoms. The van der Waals surface area contributed by atoms with Crippen LogP contribution in [0.5, 0.6) is 11.5 Å². The highest BCUT2D eigenvalue weighted by Gasteiger charge is 2.38. The number of likely N-dealkylation sites (tertiary alicyclic amines) is 2. The highest BCUT2D eigenvalue weighted by Crippen LogP contribution is 2.24. The number of nitrogens with zero attached hydrogens (tertiary/aromatic N) is 2. The number of carbonyl (C=O) groups is 3. The Labute approximate surface area is 177 Å². The molecule has 2 N–H and O–H groups in total. The van der Waals surface area contributed by atoms with Crippen molar-refractivity contribution < 1.29 is 24.2 Å². The molecule has 2 unspecified atom stereocenters. The Bertz CT molecular complexity index is 771. The van der Waals surface area contributed by atoms with Crippen LogP contribution in [-0.4, -0.2) is 70.4 Å². The molecule has 3 rings (SSSR count). The molecule has 30 heavy (non-hydrogen) atoms. The number of hydrogen-bond donors (Lipinski definition) is 2. The van der Waals surface area contributed by atoms with Crippen molar-refractivity contribution in [3.05, 3.63) is 24.3 Å². The first-order chi connectivity index (χ1) is 14.2. The van der Waals surface area contributed by atoms with Crippen LogP contribution < -0.4 is 10.1 Å². The second-order valence-electron chi connectivity index (χ2n) is 8.40. The van der Waals surface area contributed by atoms with Crippen LogP contribution in [0.3, 0.4) is 0 Å². The van der Waals surface area contributed by atoms with Crippen molar-refractivity contribution in [1.82, 2.24) is 15.1 Å². The summed E-state index contributed by atoms with van der Waals surface area (Å²) in [5, 5.41) is 12.3. The van der Waals surface area contributed by atoms with E-state index in [9.17, 15) is 19.5 Å². The van der Waals surface area contributed by atoms with Crippen LogP contribution in [0.15, 0.2) is 24.3 Å². The number of aromatic hydroxyl groups is 1. The molecule has 0 aliphatic carbocycles. The minimum atomic E-state index is -0.666. The van der Waals surface area contributed by atoms with Crippen LogP contribution >= 0.6 is 0 Å². The van der Waals surface area contributed by atoms with Crippen molar-refractivity contribution in [2.45, 2.75) is 58.2 Å². The fourth-order valence-corrected chi connectivity index (χ4v) is 4.00. The summed E-state index contributed by atoms with van der Waals surface area (Å²) in [7, 11) is 0. The quantitative estimate of drug-likeness (QED) is 0.731. The Hall–Kier alpha value is -2.77. The SMILES string of the molecule is CC(Oc1ccc(O)cc1)C(=O)NC1CCN(C(=O)C2CC(=O)N(C(C)C)C2)CC1. The lowest BCUT2D eigenvalue weighted by Gasteiger charge is -2.34. The third kappa shape index (κ3) is 5.23. The average molecular weight is 418 g/mol. The maximum Gasteiger partial charge on any atom is 0.260 e. The van der Waals surface area contributed by atoms with Gasteiger partial charge in [0.1, 0.15) is 11.5 Å². The second kappa shape index (κ2) is 9.36. The maximum atomic E-state index is 12.8. The predicted molar refractivity (Wildman–Crippen MR) is 111 cm³/mol. The molecule has 1 aromatic rings. The fraction of sp³-hybridized carbons (Fsp3) is 0.591. The second-order valence-corrected chi connectivity index (χ2v) is 8.40. The molecule has 2 saturated heterocycles. The smallest absolute Gasteiger partial charge is 0.260 e. The van der Waals surface area contributed by atoms with Crippen molar-refractivity contribution in [2.75, 3.05) is 19.6 Å². The molecule has 0 bridgehead atoms. The number of phenolic OH excluding ortho intramolecular Hbond substituents is 1. The third-order valence-electron chi connectivity index (χ3n) is 5.80. The molecule has 2 atom stereocenters. The van der Waals surface area contributed by atoms with E-state index in [-0.39, 0.29) is 41.5 Å². The van der Waals surface area contributed by atoms with E-state index in [0.29, 0.717) is 44.6 Å². The summed E-state index contributed by atoms with van der Waals surface area (Å²) in [6.07, 6.45) is 0.983. The Kier molecular flexibility index (Phi) is 6.84. The third-order valence-corrected chi connectivity index (χ3v) is 5.80. The largest absolute Gasteiger partial charge is 0.508 e. The number of benzene rings is 1. The zero-order valence-electron chi connectivity index (χ0n) is 17.8. The first-order valence-electron chi connectivity index (χ1n) is 10.6. The van der Waals surface area contributed by atoms with Crippen molar-refractivity contribution in [3.63, 3.8) is 0 Å². The van der Waals surface area contributed by atoms with Gasteiger partial charge in [-0.1, -0.05) is 0 Å². The molecule has 164 valence electrons. The van der Waals surface area contributed by atoms with Crippen molar-refractivity contribution in [3.8, 4) is 11.5 Å². The molecule has 1 aromatic carbocycles. The van der Waals surface area contributed by atoms with Gasteiger partial charge in [-0.05, 0) is 57.9 Å². The number of ether oxygens (including phenoxy) is 1. The summed E-state index contributed by atoms with van der Waals surface area (Å²) in [6.45, 7) is 7.25. The van der Waals surface area contributed by atoms with Gasteiger partial charge in [-0.2, -0.15) is 0 Å². The first kappa shape index (κ1) is 21.9. The number of carbonyl (C=O) groups excluding carboxylic acids is 3. The molecule has 3 amide bonds. The molecule has 2 heterocycles. The van der Waals surface area contributed by atoms with Crippen LogP contribution in [-0.2, 0) is 14.4 Å². The zero-order valence-corrected chi connectivity index (χ0v) is 17.8. The zero-order chi connectivity index (χ0) is 21.8. The van der Waals surface area contributed by atoms with Crippen molar-refractivity contribution in [2.24, 2.45) is 5.92 Å². The van der Waals surface area contributed by atoms with Gasteiger partial charge in [0.2, 0.25) is 11.8 Å². The van der Waals surface area contributed by atoms with Crippen LogP contribution in [0.4, 0.5) is 0 Å². The normalized spacial score (nSPS) is 21.1. The maximum absolute atomic E-state index is 12.8. The molecule has 2 aliphatic rings. The fourth-order valence-electron chi connectivity index (χ4n) is 4.00. The molecule has 0 radical (unpaired) electrons. The minimum absolute atomic E-state index is 0.00945. The lowest BCUT2D eigenvalue weighted by atomic mass is 10.0. The Morgan fingerprint density at radius 1 is 1.13 bits per heavy atom. The van der Waals surface area contributed by atoms with Crippen LogP contribution in [0.2, 0.25) is 0 Å². The molecule has 8 nitrogen and oxygen atoms in total. The molecule has 2 aliphatic heterocycles. The van der Waals surface area contributed by atoms with Gasteiger partial charge in [0.05, 0.1) is 5.92 Å². The van der Waals surface area contributed by atoms with Gasteiger partial charge in [0.25, 0.3) is 5.91 Å². The average Bonchev–Trinajstić information content (AvgIpc) is 3.11. The van der Waals surface area contributed by atoms with E-state index >= 15 is 0 Å². The van der Waals surface area contributed by atoms with Gasteiger partial charge < -0.3 is 25.0 Å². The molecule has 0 saturated carbocycles. The van der Waals surface area contributed by atoms with E-state index in [0.717, 1.165) is 0 Å². The number of hydrogen-bond acceptors (Lipinski definition) is 5. The highest BCUT2D eigenvalue weighted by atomic mass is 16.5. The highest BCUT2D eigenvalue weighted by molar-refractivity contribution is 5.89. The van der Waals surface area contributed by atoms with Crippen molar-refractivity contribution in [1.29, 1.82) is 0 Å². The molecular weight excluding hydrogens is 386 g/mol. The number of piperidine rings is 1. The summed E-state index contributed by atoms with van der Waals surface area (Å²) in [5.41, 5.74) is 0. The summed E-state index contributed by atoms with van der Waals surface area (Å²) in [6, 6.07) is 6.33. The standard InChI is InChI=1S/C22H31N3O5/c1-14(2)25-13-16(12-20(25)27)22(29)24-10-8-17(9-11-24)23-21(28)15(3)30-19-6-4-18(26)5-7-19/h4-7,14-17,26H,8-13H2,1-3H3,(H,23,28). The number of rotatable bonds is 6. The molecule has 0 aromatic heterocycles. The number of amides is 3. The lowest BCUT2D eigenvalue weighted by Crippen LogP contribution is -2.50. The van der Waals surface area contributed by atoms with Crippen LogP contribution in [0.25, 0.3) is 0 Å². The first-order valence-corrected chi connectivity index (χ1v) is 10.6. The Balaban J connectivity index is 1.44. The van der Waals surface area contributed by atoms with E-state index in [1.807, 2.05) is 18.7 Å². The summed E-state index contributed by atoms with van der Waals surface area (Å²) >= 11 is 0. The predicted octanol–water partition coefficient (Wildman–Crippen LogP) is 1.52. The molecule has 0 spiro atoms. The monoisotopic (exact) mass is 417 g/mol. The lowest BCUT2D eigenvalue weighted by molar-refractivity contribution is -0.137. The van der Waals surface area contributed by atoms with Crippen LogP contribution in [0.1, 0.15) is 40.0 Å². The van der Waals surface area contributed by atoms with Gasteiger partial charge in [-0.15, -0.1) is 0 Å². The summed E-state index contributed by atoms with van der Waals surface area (Å²) < 4.78 is 5.61. The van der Waals surface area contributed by atoms with Gasteiger partial charge in [-0.3, -0.25) is 14.4 Å². The topological polar surface area (TPSA) is 99.2 Å². The van der Waals surface area contributed by atoms with E-state index in [1.165, 1.54) is 12.1 Å². The van der Waals surface area contributed by atoms with Gasteiger partial charge in [0, 0.05) is 38.1 Å². The minimum Gasteiger partial charge on any atom is -0.508 e. The van der Waals surface area contributed by atoms with Gasteiger partial charge in [-0.25, -0.2) is 0 Å². The van der Waals surface area contributed by atoms with Gasteiger partial charge in [0.15, 0.2) is 6.10 Å². The van der Waals surface area contributed by atoms with E-state index < -0.39 is 6.10 Å². The van der Waals surface area contributed by atoms with Crippen molar-refractivity contribution >= 4 is 17.7 Å². The Morgan fingerprint density at radius 3 is 2.33 bits per heavy atom. The molecule has 2 fully saturated rings. The van der Waals surface area contributed by atoms with E-state index in [2.05, 4.69) is 5.32 Å².